The van der Waals surface area contributed by atoms with Crippen molar-refractivity contribution in [3.8, 4) is 0 Å². The normalized spacial score (nSPS) is 18.8. The molecule has 0 spiro atoms. The summed E-state index contributed by atoms with van der Waals surface area (Å²) in [5.74, 6) is 0.938. The lowest BCUT2D eigenvalue weighted by Crippen LogP contribution is -2.19. The second kappa shape index (κ2) is 4.85. The quantitative estimate of drug-likeness (QED) is 0.780. The number of benzene rings is 1. The Hall–Kier alpha value is -1.86. The molecule has 0 bridgehead atoms. The number of tetrazole rings is 1. The minimum atomic E-state index is 0.220. The Bertz CT molecular complexity index is 787. The number of aromatic amines is 1. The molecule has 21 heavy (non-hydrogen) atoms. The zero-order valence-corrected chi connectivity index (χ0v) is 12.3. The number of rotatable bonds is 2. The van der Waals surface area contributed by atoms with Crippen LogP contribution >= 0.6 is 23.2 Å². The van der Waals surface area contributed by atoms with E-state index < -0.39 is 0 Å². The molecule has 3 aromatic rings. The van der Waals surface area contributed by atoms with Gasteiger partial charge in [0.15, 0.2) is 11.4 Å². The Kier molecular flexibility index (Phi) is 2.97. The molecule has 7 nitrogen and oxygen atoms in total. The summed E-state index contributed by atoms with van der Waals surface area (Å²) in [5.41, 5.74) is 1.21. The molecule has 1 saturated heterocycles. The second-order valence-electron chi connectivity index (χ2n) is 4.93. The number of hydrogen-bond donors (Lipinski definition) is 1. The highest BCUT2D eigenvalue weighted by Crippen LogP contribution is 2.34. The fraction of sp³-hybridized carbons (Fsp3) is 0.333. The first-order valence-electron chi connectivity index (χ1n) is 6.44. The Morgan fingerprint density at radius 1 is 1.33 bits per heavy atom. The number of nitrogens with one attached hydrogen (secondary N) is 1. The van der Waals surface area contributed by atoms with Crippen LogP contribution in [0.2, 0.25) is 10.0 Å². The predicted octanol–water partition coefficient (Wildman–Crippen LogP) is 2.64. The van der Waals surface area contributed by atoms with E-state index in [9.17, 15) is 0 Å². The van der Waals surface area contributed by atoms with Gasteiger partial charge in [-0.15, -0.1) is 10.2 Å². The highest BCUT2D eigenvalue weighted by atomic mass is 35.5. The SMILES string of the molecule is Clc1cc(Cl)c2oc(N3CC[C@H](c4nn[nH]n4)C3)nc2c1. The summed E-state index contributed by atoms with van der Waals surface area (Å²) < 4.78 is 5.76. The van der Waals surface area contributed by atoms with E-state index in [0.717, 1.165) is 25.3 Å². The predicted molar refractivity (Wildman–Crippen MR) is 77.8 cm³/mol. The standard InChI is InChI=1S/C12H10Cl2N6O/c13-7-3-8(14)10-9(4-7)15-12(21-10)20-2-1-6(5-20)11-16-18-19-17-11/h3-4,6H,1-2,5H2,(H,16,17,18,19)/t6-/m0/s1. The molecule has 2 aromatic heterocycles. The van der Waals surface area contributed by atoms with Crippen LogP contribution in [0.15, 0.2) is 16.5 Å². The first-order chi connectivity index (χ1) is 10.2. The highest BCUT2D eigenvalue weighted by molar-refractivity contribution is 6.38. The maximum atomic E-state index is 6.12. The average Bonchev–Trinajstić information content (AvgIpc) is 3.18. The second-order valence-corrected chi connectivity index (χ2v) is 5.78. The third-order valence-corrected chi connectivity index (χ3v) is 4.08. The van der Waals surface area contributed by atoms with Crippen molar-refractivity contribution in [3.05, 3.63) is 28.0 Å². The number of nitrogens with zero attached hydrogens (tertiary/aromatic N) is 5. The molecule has 0 radical (unpaired) electrons. The van der Waals surface area contributed by atoms with Crippen LogP contribution in [0.3, 0.4) is 0 Å². The molecule has 3 heterocycles. The minimum Gasteiger partial charge on any atom is -0.422 e. The fourth-order valence-corrected chi connectivity index (χ4v) is 3.09. The van der Waals surface area contributed by atoms with Gasteiger partial charge in [0.2, 0.25) is 0 Å². The molecular formula is C12H10Cl2N6O. The van der Waals surface area contributed by atoms with Crippen LogP contribution in [-0.2, 0) is 0 Å². The number of hydrogen-bond acceptors (Lipinski definition) is 6. The molecule has 0 unspecified atom stereocenters. The summed E-state index contributed by atoms with van der Waals surface area (Å²) >= 11 is 12.1. The maximum Gasteiger partial charge on any atom is 0.298 e. The summed E-state index contributed by atoms with van der Waals surface area (Å²) in [6.45, 7) is 1.55. The lowest BCUT2D eigenvalue weighted by Gasteiger charge is -2.11. The number of aromatic nitrogens is 5. The van der Waals surface area contributed by atoms with Gasteiger partial charge in [0.1, 0.15) is 5.52 Å². The lowest BCUT2D eigenvalue weighted by atomic mass is 10.1. The van der Waals surface area contributed by atoms with Gasteiger partial charge < -0.3 is 9.32 Å². The Labute approximate surface area is 129 Å². The maximum absolute atomic E-state index is 6.12. The zero-order valence-electron chi connectivity index (χ0n) is 10.8. The number of halogens is 2. The molecule has 0 saturated carbocycles. The third-order valence-electron chi connectivity index (χ3n) is 3.58. The van der Waals surface area contributed by atoms with Gasteiger partial charge in [-0.2, -0.15) is 10.2 Å². The van der Waals surface area contributed by atoms with Gasteiger partial charge in [0, 0.05) is 24.0 Å². The van der Waals surface area contributed by atoms with Gasteiger partial charge in [-0.1, -0.05) is 28.4 Å². The molecule has 4 rings (SSSR count). The van der Waals surface area contributed by atoms with Gasteiger partial charge in [-0.25, -0.2) is 0 Å². The largest absolute Gasteiger partial charge is 0.422 e. The summed E-state index contributed by atoms with van der Waals surface area (Å²) in [5, 5.41) is 15.1. The van der Waals surface area contributed by atoms with E-state index in [1.165, 1.54) is 0 Å². The fourth-order valence-electron chi connectivity index (χ4n) is 2.57. The summed E-state index contributed by atoms with van der Waals surface area (Å²) in [7, 11) is 0. The van der Waals surface area contributed by atoms with Gasteiger partial charge in [0.25, 0.3) is 6.01 Å². The van der Waals surface area contributed by atoms with E-state index >= 15 is 0 Å². The van der Waals surface area contributed by atoms with E-state index in [4.69, 9.17) is 27.6 Å². The van der Waals surface area contributed by atoms with Crippen molar-refractivity contribution >= 4 is 40.3 Å². The first-order valence-corrected chi connectivity index (χ1v) is 7.20. The van der Waals surface area contributed by atoms with Crippen molar-refractivity contribution in [2.75, 3.05) is 18.0 Å². The zero-order chi connectivity index (χ0) is 14.4. The molecular weight excluding hydrogens is 315 g/mol. The van der Waals surface area contributed by atoms with Crippen LogP contribution < -0.4 is 4.90 Å². The smallest absolute Gasteiger partial charge is 0.298 e. The molecule has 1 fully saturated rings. The van der Waals surface area contributed by atoms with Crippen molar-refractivity contribution in [1.29, 1.82) is 0 Å². The number of oxazole rings is 1. The van der Waals surface area contributed by atoms with Crippen LogP contribution in [-0.4, -0.2) is 38.7 Å². The number of H-pyrrole nitrogens is 1. The van der Waals surface area contributed by atoms with Crippen LogP contribution in [0, 0.1) is 0 Å². The van der Waals surface area contributed by atoms with Crippen molar-refractivity contribution in [2.45, 2.75) is 12.3 Å². The number of anilines is 1. The van der Waals surface area contributed by atoms with Crippen LogP contribution in [0.5, 0.6) is 0 Å². The molecule has 0 amide bonds. The summed E-state index contributed by atoms with van der Waals surface area (Å²) in [6, 6.07) is 3.93. The van der Waals surface area contributed by atoms with Crippen molar-refractivity contribution in [3.63, 3.8) is 0 Å². The topological polar surface area (TPSA) is 83.7 Å². The van der Waals surface area contributed by atoms with E-state index in [-0.39, 0.29) is 5.92 Å². The summed E-state index contributed by atoms with van der Waals surface area (Å²) in [6.07, 6.45) is 0.923. The molecule has 1 aliphatic rings. The van der Waals surface area contributed by atoms with E-state index in [1.54, 1.807) is 12.1 Å². The molecule has 1 N–H and O–H groups in total. The Morgan fingerprint density at radius 2 is 2.24 bits per heavy atom. The number of fused-ring (bicyclic) bond motifs is 1. The first kappa shape index (κ1) is 12.8. The molecule has 108 valence electrons. The van der Waals surface area contributed by atoms with Crippen LogP contribution in [0.1, 0.15) is 18.2 Å². The molecule has 1 atom stereocenters. The Balaban J connectivity index is 1.64. The average molecular weight is 325 g/mol. The third kappa shape index (κ3) is 2.22. The Morgan fingerprint density at radius 3 is 3.05 bits per heavy atom. The van der Waals surface area contributed by atoms with E-state index in [2.05, 4.69) is 25.6 Å². The van der Waals surface area contributed by atoms with Gasteiger partial charge in [0.05, 0.1) is 5.02 Å². The molecule has 1 aromatic carbocycles. The summed E-state index contributed by atoms with van der Waals surface area (Å²) in [4.78, 5) is 6.51. The molecule has 0 aliphatic carbocycles. The molecule has 9 heteroatoms. The van der Waals surface area contributed by atoms with Crippen molar-refractivity contribution in [1.82, 2.24) is 25.6 Å². The van der Waals surface area contributed by atoms with Gasteiger partial charge in [-0.05, 0) is 18.6 Å². The highest BCUT2D eigenvalue weighted by Gasteiger charge is 2.29. The monoisotopic (exact) mass is 324 g/mol. The van der Waals surface area contributed by atoms with Gasteiger partial charge >= 0.3 is 0 Å². The lowest BCUT2D eigenvalue weighted by molar-refractivity contribution is 0.583. The minimum absolute atomic E-state index is 0.220. The van der Waals surface area contributed by atoms with Crippen molar-refractivity contribution < 1.29 is 4.42 Å². The van der Waals surface area contributed by atoms with E-state index in [0.29, 0.717) is 27.2 Å². The molecule has 1 aliphatic heterocycles. The van der Waals surface area contributed by atoms with Gasteiger partial charge in [-0.3, -0.25) is 0 Å². The van der Waals surface area contributed by atoms with Crippen molar-refractivity contribution in [2.24, 2.45) is 0 Å². The van der Waals surface area contributed by atoms with E-state index in [1.807, 2.05) is 4.90 Å². The van der Waals surface area contributed by atoms with Crippen LogP contribution in [0.25, 0.3) is 11.1 Å². The van der Waals surface area contributed by atoms with Crippen LogP contribution in [0.4, 0.5) is 6.01 Å².